The van der Waals surface area contributed by atoms with Gasteiger partial charge in [0.25, 0.3) is 0 Å². The summed E-state index contributed by atoms with van der Waals surface area (Å²) in [6.45, 7) is 4.55. The molecule has 7 nitrogen and oxygen atoms in total. The Bertz CT molecular complexity index is 651. The minimum atomic E-state index is 0.406. The van der Waals surface area contributed by atoms with E-state index in [9.17, 15) is 0 Å². The molecule has 1 saturated heterocycles. The molecule has 4 rings (SSSR count). The Morgan fingerprint density at radius 2 is 2.09 bits per heavy atom. The number of nitrogens with zero attached hydrogens (tertiary/aromatic N) is 5. The molecule has 7 heteroatoms. The Labute approximate surface area is 135 Å². The first-order valence-electron chi connectivity index (χ1n) is 8.39. The molecule has 23 heavy (non-hydrogen) atoms. The lowest BCUT2D eigenvalue weighted by molar-refractivity contribution is 0.378. The highest BCUT2D eigenvalue weighted by atomic mass is 16.4. The molecule has 0 spiro atoms. The van der Waals surface area contributed by atoms with Crippen LogP contribution in [0.5, 0.6) is 0 Å². The van der Waals surface area contributed by atoms with Gasteiger partial charge in [-0.2, -0.15) is 5.10 Å². The number of aryl methyl sites for hydroxylation is 1. The van der Waals surface area contributed by atoms with Crippen molar-refractivity contribution >= 4 is 5.82 Å². The SMILES string of the molecule is Cc1ccc(N2CCCC(NCc3nnc(C4CC4)o3)C2)nn1. The normalized spacial score (nSPS) is 21.6. The third kappa shape index (κ3) is 3.50. The van der Waals surface area contributed by atoms with Crippen LogP contribution in [0.2, 0.25) is 0 Å². The molecular formula is C16H22N6O. The zero-order valence-corrected chi connectivity index (χ0v) is 13.4. The Morgan fingerprint density at radius 1 is 1.17 bits per heavy atom. The van der Waals surface area contributed by atoms with Crippen molar-refractivity contribution in [1.29, 1.82) is 0 Å². The topological polar surface area (TPSA) is 80.0 Å². The van der Waals surface area contributed by atoms with Crippen molar-refractivity contribution in [2.45, 2.75) is 51.1 Å². The van der Waals surface area contributed by atoms with Gasteiger partial charge in [0.2, 0.25) is 11.8 Å². The van der Waals surface area contributed by atoms with Gasteiger partial charge >= 0.3 is 0 Å². The molecule has 3 heterocycles. The maximum Gasteiger partial charge on any atom is 0.230 e. The van der Waals surface area contributed by atoms with E-state index in [4.69, 9.17) is 4.42 Å². The quantitative estimate of drug-likeness (QED) is 0.901. The van der Waals surface area contributed by atoms with Crippen molar-refractivity contribution in [2.24, 2.45) is 0 Å². The van der Waals surface area contributed by atoms with E-state index in [0.29, 0.717) is 24.4 Å². The van der Waals surface area contributed by atoms with E-state index in [-0.39, 0.29) is 0 Å². The van der Waals surface area contributed by atoms with Crippen LogP contribution in [-0.4, -0.2) is 39.5 Å². The Morgan fingerprint density at radius 3 is 2.87 bits per heavy atom. The lowest BCUT2D eigenvalue weighted by Gasteiger charge is -2.33. The van der Waals surface area contributed by atoms with Crippen LogP contribution in [0.4, 0.5) is 5.82 Å². The molecule has 1 aliphatic heterocycles. The van der Waals surface area contributed by atoms with Gasteiger partial charge in [-0.15, -0.1) is 15.3 Å². The van der Waals surface area contributed by atoms with Crippen LogP contribution in [0, 0.1) is 6.92 Å². The molecule has 0 radical (unpaired) electrons. The number of rotatable bonds is 5. The summed E-state index contributed by atoms with van der Waals surface area (Å²) in [5, 5.41) is 20.2. The van der Waals surface area contributed by atoms with Gasteiger partial charge in [0.05, 0.1) is 12.2 Å². The lowest BCUT2D eigenvalue weighted by atomic mass is 10.1. The molecular weight excluding hydrogens is 292 g/mol. The fraction of sp³-hybridized carbons (Fsp3) is 0.625. The predicted octanol–water partition coefficient (Wildman–Crippen LogP) is 1.80. The van der Waals surface area contributed by atoms with Crippen molar-refractivity contribution in [2.75, 3.05) is 18.0 Å². The summed E-state index contributed by atoms with van der Waals surface area (Å²) in [7, 11) is 0. The highest BCUT2D eigenvalue weighted by Gasteiger charge is 2.29. The highest BCUT2D eigenvalue weighted by molar-refractivity contribution is 5.38. The van der Waals surface area contributed by atoms with Crippen LogP contribution in [0.1, 0.15) is 49.1 Å². The average Bonchev–Trinajstić information content (AvgIpc) is 3.33. The van der Waals surface area contributed by atoms with Crippen LogP contribution in [0.15, 0.2) is 16.5 Å². The van der Waals surface area contributed by atoms with Crippen LogP contribution in [-0.2, 0) is 6.54 Å². The molecule has 1 atom stereocenters. The van der Waals surface area contributed by atoms with E-state index in [1.54, 1.807) is 0 Å². The van der Waals surface area contributed by atoms with E-state index in [2.05, 4.69) is 30.6 Å². The van der Waals surface area contributed by atoms with Crippen molar-refractivity contribution in [3.8, 4) is 0 Å². The monoisotopic (exact) mass is 314 g/mol. The number of piperidine rings is 1. The predicted molar refractivity (Wildman–Crippen MR) is 85.1 cm³/mol. The second-order valence-corrected chi connectivity index (χ2v) is 6.51. The van der Waals surface area contributed by atoms with Gasteiger partial charge in [-0.05, 0) is 44.7 Å². The van der Waals surface area contributed by atoms with Gasteiger partial charge in [0.15, 0.2) is 5.82 Å². The van der Waals surface area contributed by atoms with Crippen molar-refractivity contribution in [3.63, 3.8) is 0 Å². The standard InChI is InChI=1S/C16H22N6O/c1-11-4-7-14(19-18-11)22-8-2-3-13(10-22)17-9-15-20-21-16(23-15)12-5-6-12/h4,7,12-13,17H,2-3,5-6,8-10H2,1H3. The molecule has 2 aromatic heterocycles. The van der Waals surface area contributed by atoms with E-state index in [1.165, 1.54) is 12.8 Å². The van der Waals surface area contributed by atoms with Crippen LogP contribution in [0.3, 0.4) is 0 Å². The first kappa shape index (κ1) is 14.6. The van der Waals surface area contributed by atoms with Crippen molar-refractivity contribution in [3.05, 3.63) is 29.6 Å². The summed E-state index contributed by atoms with van der Waals surface area (Å²) in [6, 6.07) is 4.46. The maximum absolute atomic E-state index is 5.70. The second kappa shape index (κ2) is 6.23. The number of nitrogens with one attached hydrogen (secondary N) is 1. The third-order valence-electron chi connectivity index (χ3n) is 4.48. The Kier molecular flexibility index (Phi) is 3.95. The average molecular weight is 314 g/mol. The molecule has 1 unspecified atom stereocenters. The first-order chi connectivity index (χ1) is 11.3. The van der Waals surface area contributed by atoms with Crippen molar-refractivity contribution in [1.82, 2.24) is 25.7 Å². The highest BCUT2D eigenvalue weighted by Crippen LogP contribution is 2.38. The fourth-order valence-electron chi connectivity index (χ4n) is 2.98. The fourth-order valence-corrected chi connectivity index (χ4v) is 2.98. The molecule has 1 saturated carbocycles. The van der Waals surface area contributed by atoms with Crippen LogP contribution < -0.4 is 10.2 Å². The molecule has 1 N–H and O–H groups in total. The van der Waals surface area contributed by atoms with Crippen molar-refractivity contribution < 1.29 is 4.42 Å². The van der Waals surface area contributed by atoms with Gasteiger partial charge in [-0.3, -0.25) is 0 Å². The van der Waals surface area contributed by atoms with E-state index >= 15 is 0 Å². The molecule has 0 bridgehead atoms. The lowest BCUT2D eigenvalue weighted by Crippen LogP contribution is -2.45. The summed E-state index contributed by atoms with van der Waals surface area (Å²) in [6.07, 6.45) is 4.66. The number of anilines is 1. The molecule has 1 aliphatic carbocycles. The minimum Gasteiger partial charge on any atom is -0.424 e. The molecule has 122 valence electrons. The van der Waals surface area contributed by atoms with Gasteiger partial charge in [0.1, 0.15) is 0 Å². The molecule has 2 aromatic rings. The zero-order chi connectivity index (χ0) is 15.6. The number of hydrogen-bond donors (Lipinski definition) is 1. The molecule has 0 amide bonds. The summed E-state index contributed by atoms with van der Waals surface area (Å²) in [5.74, 6) is 2.97. The van der Waals surface area contributed by atoms with E-state index in [1.807, 2.05) is 19.1 Å². The Hall–Kier alpha value is -2.02. The zero-order valence-electron chi connectivity index (χ0n) is 13.4. The summed E-state index contributed by atoms with van der Waals surface area (Å²) in [5.41, 5.74) is 0.947. The van der Waals surface area contributed by atoms with Gasteiger partial charge in [-0.25, -0.2) is 0 Å². The Balaban J connectivity index is 1.32. The molecule has 0 aromatic carbocycles. The molecule has 2 aliphatic rings. The smallest absolute Gasteiger partial charge is 0.230 e. The second-order valence-electron chi connectivity index (χ2n) is 6.51. The van der Waals surface area contributed by atoms with E-state index in [0.717, 1.165) is 43.3 Å². The maximum atomic E-state index is 5.70. The first-order valence-corrected chi connectivity index (χ1v) is 8.39. The summed E-state index contributed by atoms with van der Waals surface area (Å²) < 4.78 is 5.70. The largest absolute Gasteiger partial charge is 0.424 e. The van der Waals surface area contributed by atoms with Gasteiger partial charge in [-0.1, -0.05) is 0 Å². The van der Waals surface area contributed by atoms with Gasteiger partial charge in [0, 0.05) is 25.0 Å². The van der Waals surface area contributed by atoms with E-state index < -0.39 is 0 Å². The number of aromatic nitrogens is 4. The minimum absolute atomic E-state index is 0.406. The number of hydrogen-bond acceptors (Lipinski definition) is 7. The third-order valence-corrected chi connectivity index (χ3v) is 4.48. The summed E-state index contributed by atoms with van der Waals surface area (Å²) >= 11 is 0. The van der Waals surface area contributed by atoms with Gasteiger partial charge < -0.3 is 14.6 Å². The van der Waals surface area contributed by atoms with Crippen LogP contribution >= 0.6 is 0 Å². The molecule has 2 fully saturated rings. The van der Waals surface area contributed by atoms with Crippen LogP contribution in [0.25, 0.3) is 0 Å². The summed E-state index contributed by atoms with van der Waals surface area (Å²) in [4.78, 5) is 2.29.